The third-order valence-corrected chi connectivity index (χ3v) is 3.13. The molecule has 114 valence electrons. The van der Waals surface area contributed by atoms with Gasteiger partial charge in [0, 0.05) is 25.3 Å². The Morgan fingerprint density at radius 2 is 2.14 bits per heavy atom. The number of nitrogens with one attached hydrogen (secondary N) is 2. The van der Waals surface area contributed by atoms with Gasteiger partial charge in [-0.3, -0.25) is 4.79 Å². The highest BCUT2D eigenvalue weighted by atomic mass is 19.1. The van der Waals surface area contributed by atoms with E-state index in [-0.39, 0.29) is 24.4 Å². The van der Waals surface area contributed by atoms with Gasteiger partial charge in [0.25, 0.3) is 0 Å². The lowest BCUT2D eigenvalue weighted by atomic mass is 10.2. The number of esters is 1. The predicted octanol–water partition coefficient (Wildman–Crippen LogP) is 1.19. The van der Waals surface area contributed by atoms with Gasteiger partial charge in [0.2, 0.25) is 0 Å². The number of rotatable bonds is 3. The second-order valence-electron chi connectivity index (χ2n) is 4.64. The fourth-order valence-corrected chi connectivity index (χ4v) is 2.07. The van der Waals surface area contributed by atoms with Gasteiger partial charge in [0.15, 0.2) is 0 Å². The highest BCUT2D eigenvalue weighted by Crippen LogP contribution is 2.10. The van der Waals surface area contributed by atoms with Crippen molar-refractivity contribution in [3.05, 3.63) is 30.1 Å². The monoisotopic (exact) mass is 295 g/mol. The van der Waals surface area contributed by atoms with Crippen LogP contribution in [0.25, 0.3) is 0 Å². The van der Waals surface area contributed by atoms with Crippen LogP contribution in [0.2, 0.25) is 0 Å². The maximum atomic E-state index is 12.8. The van der Waals surface area contributed by atoms with E-state index >= 15 is 0 Å². The molecule has 1 atom stereocenters. The first-order valence-electron chi connectivity index (χ1n) is 6.81. The van der Waals surface area contributed by atoms with E-state index in [4.69, 9.17) is 4.74 Å². The number of ether oxygens (including phenoxy) is 1. The van der Waals surface area contributed by atoms with Crippen molar-refractivity contribution >= 4 is 17.7 Å². The molecule has 21 heavy (non-hydrogen) atoms. The average Bonchev–Trinajstić information content (AvgIpc) is 2.50. The molecule has 1 aromatic carbocycles. The number of urea groups is 1. The molecule has 6 nitrogen and oxygen atoms in total. The van der Waals surface area contributed by atoms with Gasteiger partial charge in [-0.05, 0) is 31.2 Å². The van der Waals surface area contributed by atoms with Crippen LogP contribution < -0.4 is 10.6 Å². The van der Waals surface area contributed by atoms with Gasteiger partial charge in [-0.2, -0.15) is 0 Å². The van der Waals surface area contributed by atoms with Crippen molar-refractivity contribution in [2.45, 2.75) is 13.0 Å². The van der Waals surface area contributed by atoms with Crippen molar-refractivity contribution < 1.29 is 18.7 Å². The fraction of sp³-hybridized carbons (Fsp3) is 0.429. The van der Waals surface area contributed by atoms with Crippen molar-refractivity contribution in [1.82, 2.24) is 10.2 Å². The summed E-state index contributed by atoms with van der Waals surface area (Å²) in [5, 5.41) is 5.68. The second-order valence-corrected chi connectivity index (χ2v) is 4.64. The van der Waals surface area contributed by atoms with Gasteiger partial charge < -0.3 is 20.3 Å². The number of hydrogen-bond donors (Lipinski definition) is 2. The predicted molar refractivity (Wildman–Crippen MR) is 75.4 cm³/mol. The highest BCUT2D eigenvalue weighted by Gasteiger charge is 2.28. The van der Waals surface area contributed by atoms with E-state index in [2.05, 4.69) is 10.6 Å². The molecule has 2 amide bonds. The quantitative estimate of drug-likeness (QED) is 0.822. The minimum absolute atomic E-state index is 0.242. The Hall–Kier alpha value is -2.15. The lowest BCUT2D eigenvalue weighted by Crippen LogP contribution is -2.57. The Balaban J connectivity index is 1.92. The zero-order chi connectivity index (χ0) is 15.2. The molecular weight excluding hydrogens is 277 g/mol. The van der Waals surface area contributed by atoms with Crippen molar-refractivity contribution in [2.75, 3.05) is 31.6 Å². The van der Waals surface area contributed by atoms with Crippen LogP contribution in [0.5, 0.6) is 0 Å². The first kappa shape index (κ1) is 15.2. The number of piperazine rings is 1. The summed E-state index contributed by atoms with van der Waals surface area (Å²) >= 11 is 0. The number of hydrogen-bond acceptors (Lipinski definition) is 4. The van der Waals surface area contributed by atoms with Crippen LogP contribution >= 0.6 is 0 Å². The smallest absolute Gasteiger partial charge is 0.324 e. The molecule has 0 saturated carbocycles. The molecule has 0 radical (unpaired) electrons. The molecule has 1 aliphatic rings. The fourth-order valence-electron chi connectivity index (χ4n) is 2.07. The van der Waals surface area contributed by atoms with E-state index in [0.29, 0.717) is 25.4 Å². The summed E-state index contributed by atoms with van der Waals surface area (Å²) in [6, 6.07) is 4.68. The first-order valence-corrected chi connectivity index (χ1v) is 6.81. The molecule has 7 heteroatoms. The van der Waals surface area contributed by atoms with Crippen molar-refractivity contribution in [3.63, 3.8) is 0 Å². The molecule has 1 heterocycles. The molecule has 1 unspecified atom stereocenters. The number of nitrogens with zero attached hydrogens (tertiary/aromatic N) is 1. The van der Waals surface area contributed by atoms with Crippen molar-refractivity contribution in [3.8, 4) is 0 Å². The standard InChI is InChI=1S/C14H18FN3O3/c1-2-21-13(19)12-9-18(8-7-16-12)14(20)17-11-5-3-10(15)4-6-11/h3-6,12,16H,2,7-9H2,1H3,(H,17,20). The maximum Gasteiger partial charge on any atom is 0.324 e. The minimum Gasteiger partial charge on any atom is -0.465 e. The summed E-state index contributed by atoms with van der Waals surface area (Å²) in [6.07, 6.45) is 0. The summed E-state index contributed by atoms with van der Waals surface area (Å²) < 4.78 is 17.7. The van der Waals surface area contributed by atoms with Crippen molar-refractivity contribution in [1.29, 1.82) is 0 Å². The average molecular weight is 295 g/mol. The topological polar surface area (TPSA) is 70.7 Å². The van der Waals surface area contributed by atoms with Crippen molar-refractivity contribution in [2.24, 2.45) is 0 Å². The first-order chi connectivity index (χ1) is 10.1. The van der Waals surface area contributed by atoms with Crippen LogP contribution in [0.1, 0.15) is 6.92 Å². The molecular formula is C14H18FN3O3. The summed E-state index contributed by atoms with van der Waals surface area (Å²) in [6.45, 7) is 3.29. The third kappa shape index (κ3) is 4.16. The minimum atomic E-state index is -0.516. The Bertz CT molecular complexity index is 507. The molecule has 0 aliphatic carbocycles. The van der Waals surface area contributed by atoms with Crippen LogP contribution in [0, 0.1) is 5.82 Å². The molecule has 1 saturated heterocycles. The van der Waals surface area contributed by atoms with Gasteiger partial charge >= 0.3 is 12.0 Å². The zero-order valence-corrected chi connectivity index (χ0v) is 11.8. The number of anilines is 1. The van der Waals surface area contributed by atoms with Crippen LogP contribution in [0.15, 0.2) is 24.3 Å². The van der Waals surface area contributed by atoms with Gasteiger partial charge in [0.05, 0.1) is 6.61 Å². The zero-order valence-electron chi connectivity index (χ0n) is 11.8. The van der Waals surface area contributed by atoms with Gasteiger partial charge in [-0.15, -0.1) is 0 Å². The highest BCUT2D eigenvalue weighted by molar-refractivity contribution is 5.90. The number of halogens is 1. The Kier molecular flexibility index (Phi) is 5.10. The lowest BCUT2D eigenvalue weighted by molar-refractivity contribution is -0.146. The van der Waals surface area contributed by atoms with Gasteiger partial charge in [0.1, 0.15) is 11.9 Å². The molecule has 0 spiro atoms. The number of benzene rings is 1. The molecule has 1 aliphatic heterocycles. The largest absolute Gasteiger partial charge is 0.465 e. The molecule has 2 rings (SSSR count). The van der Waals surface area contributed by atoms with Crippen LogP contribution in [0.3, 0.4) is 0 Å². The SMILES string of the molecule is CCOC(=O)C1CN(C(=O)Nc2ccc(F)cc2)CCN1. The van der Waals surface area contributed by atoms with Gasteiger partial charge in [-0.25, -0.2) is 9.18 Å². The van der Waals surface area contributed by atoms with E-state index in [1.54, 1.807) is 6.92 Å². The van der Waals surface area contributed by atoms with Gasteiger partial charge in [-0.1, -0.05) is 0 Å². The third-order valence-electron chi connectivity index (χ3n) is 3.13. The van der Waals surface area contributed by atoms with E-state index in [9.17, 15) is 14.0 Å². The maximum absolute atomic E-state index is 12.8. The van der Waals surface area contributed by atoms with E-state index in [0.717, 1.165) is 0 Å². The second kappa shape index (κ2) is 7.03. The Morgan fingerprint density at radius 1 is 1.43 bits per heavy atom. The van der Waals surface area contributed by atoms with E-state index in [1.807, 2.05) is 0 Å². The summed E-state index contributed by atoms with van der Waals surface area (Å²) in [7, 11) is 0. The van der Waals surface area contributed by atoms with Crippen LogP contribution in [-0.2, 0) is 9.53 Å². The summed E-state index contributed by atoms with van der Waals surface area (Å²) in [5.41, 5.74) is 0.507. The Morgan fingerprint density at radius 3 is 2.81 bits per heavy atom. The molecule has 0 bridgehead atoms. The molecule has 2 N–H and O–H groups in total. The molecule has 1 fully saturated rings. The Labute approximate surface area is 122 Å². The summed E-state index contributed by atoms with van der Waals surface area (Å²) in [4.78, 5) is 25.3. The van der Waals surface area contributed by atoms with Crippen LogP contribution in [0.4, 0.5) is 14.9 Å². The lowest BCUT2D eigenvalue weighted by Gasteiger charge is -2.32. The number of carbonyl (C=O) groups is 2. The molecule has 0 aromatic heterocycles. The molecule has 1 aromatic rings. The van der Waals surface area contributed by atoms with E-state index < -0.39 is 6.04 Å². The normalized spacial score (nSPS) is 18.2. The number of carbonyl (C=O) groups excluding carboxylic acids is 2. The summed E-state index contributed by atoms with van der Waals surface area (Å²) in [5.74, 6) is -0.727. The number of amides is 2. The van der Waals surface area contributed by atoms with Crippen LogP contribution in [-0.4, -0.2) is 49.2 Å². The van der Waals surface area contributed by atoms with E-state index in [1.165, 1.54) is 29.2 Å².